The molecule has 0 fully saturated rings. The fourth-order valence-electron chi connectivity index (χ4n) is 3.66. The van der Waals surface area contributed by atoms with E-state index in [0.717, 1.165) is 6.42 Å². The number of carbonyl (C=O) groups is 1. The molecule has 0 heterocycles. The van der Waals surface area contributed by atoms with Gasteiger partial charge in [0.25, 0.3) is 0 Å². The number of benzene rings is 3. The van der Waals surface area contributed by atoms with Crippen molar-refractivity contribution in [3.8, 4) is 0 Å². The lowest BCUT2D eigenvalue weighted by molar-refractivity contribution is 0.104. The van der Waals surface area contributed by atoms with Crippen LogP contribution in [0.1, 0.15) is 39.4 Å². The van der Waals surface area contributed by atoms with E-state index in [1.807, 2.05) is 42.5 Å². The number of aliphatic hydroxyl groups is 1. The number of aliphatic hydroxyl groups excluding tert-OH is 1. The average Bonchev–Trinajstić information content (AvgIpc) is 3.00. The molecule has 0 amide bonds. The van der Waals surface area contributed by atoms with Crippen LogP contribution in [0.4, 0.5) is 0 Å². The fourth-order valence-corrected chi connectivity index (χ4v) is 3.66. The Kier molecular flexibility index (Phi) is 5.16. The first-order chi connectivity index (χ1) is 13.8. The van der Waals surface area contributed by atoms with Crippen LogP contribution >= 0.6 is 0 Å². The van der Waals surface area contributed by atoms with Gasteiger partial charge >= 0.3 is 0 Å². The van der Waals surface area contributed by atoms with Crippen molar-refractivity contribution in [3.05, 3.63) is 113 Å². The molecule has 1 aliphatic carbocycles. The molecule has 1 aliphatic rings. The number of Topliss-reactive ketones (excluding diaryl/α,β-unsaturated/α-hetero) is 1. The standard InChI is InChI=1S/C25H21NO2/c27-24-21-13-7-8-14-22(21)25(28)23(24)17-26-16-15-20(18-9-3-1-4-10-18)19-11-5-2-6-12-19/h1-14,17,20,27H,15-16H2. The van der Waals surface area contributed by atoms with Crippen molar-refractivity contribution in [2.45, 2.75) is 12.3 Å². The van der Waals surface area contributed by atoms with E-state index in [1.54, 1.807) is 18.2 Å². The number of carbonyl (C=O) groups excluding carboxylic acids is 1. The maximum atomic E-state index is 12.5. The highest BCUT2D eigenvalue weighted by atomic mass is 16.3. The predicted octanol–water partition coefficient (Wildman–Crippen LogP) is 5.45. The summed E-state index contributed by atoms with van der Waals surface area (Å²) in [6.45, 7) is 0.564. The average molecular weight is 367 g/mol. The maximum Gasteiger partial charge on any atom is 0.199 e. The Bertz CT molecular complexity index is 997. The molecule has 4 rings (SSSR count). The molecule has 1 N–H and O–H groups in total. The highest BCUT2D eigenvalue weighted by Crippen LogP contribution is 2.30. The van der Waals surface area contributed by atoms with E-state index in [1.165, 1.54) is 17.3 Å². The predicted molar refractivity (Wildman–Crippen MR) is 113 cm³/mol. The second kappa shape index (κ2) is 8.05. The van der Waals surface area contributed by atoms with Gasteiger partial charge in [-0.3, -0.25) is 9.79 Å². The molecular formula is C25H21NO2. The van der Waals surface area contributed by atoms with Gasteiger partial charge in [-0.1, -0.05) is 84.9 Å². The van der Waals surface area contributed by atoms with Crippen molar-refractivity contribution in [2.24, 2.45) is 4.99 Å². The van der Waals surface area contributed by atoms with Crippen LogP contribution in [0.2, 0.25) is 0 Å². The summed E-state index contributed by atoms with van der Waals surface area (Å²) >= 11 is 0. The number of nitrogens with zero attached hydrogens (tertiary/aromatic N) is 1. The lowest BCUT2D eigenvalue weighted by Gasteiger charge is -2.17. The molecule has 0 aliphatic heterocycles. The molecule has 138 valence electrons. The summed E-state index contributed by atoms with van der Waals surface area (Å²) in [5.74, 6) is 0.0881. The van der Waals surface area contributed by atoms with Crippen LogP contribution in [0.25, 0.3) is 5.76 Å². The van der Waals surface area contributed by atoms with Crippen LogP contribution in [-0.2, 0) is 0 Å². The van der Waals surface area contributed by atoms with E-state index >= 15 is 0 Å². The topological polar surface area (TPSA) is 49.7 Å². The number of ketones is 1. The number of allylic oxidation sites excluding steroid dienone is 1. The third-order valence-corrected chi connectivity index (χ3v) is 5.10. The Labute approximate surface area is 164 Å². The molecule has 28 heavy (non-hydrogen) atoms. The Hall–Kier alpha value is -3.46. The molecule has 0 atom stereocenters. The molecular weight excluding hydrogens is 346 g/mol. The Morgan fingerprint density at radius 3 is 1.89 bits per heavy atom. The highest BCUT2D eigenvalue weighted by Gasteiger charge is 2.27. The number of rotatable bonds is 6. The second-order valence-electron chi connectivity index (χ2n) is 6.83. The molecule has 0 unspecified atom stereocenters. The van der Waals surface area contributed by atoms with E-state index in [2.05, 4.69) is 29.3 Å². The van der Waals surface area contributed by atoms with Crippen molar-refractivity contribution >= 4 is 17.8 Å². The largest absolute Gasteiger partial charge is 0.506 e. The van der Waals surface area contributed by atoms with Gasteiger partial charge in [0.05, 0.1) is 5.57 Å². The fraction of sp³-hybridized carbons (Fsp3) is 0.120. The van der Waals surface area contributed by atoms with Crippen LogP contribution < -0.4 is 0 Å². The van der Waals surface area contributed by atoms with Gasteiger partial charge in [-0.25, -0.2) is 0 Å². The van der Waals surface area contributed by atoms with E-state index in [4.69, 9.17) is 0 Å². The summed E-state index contributed by atoms with van der Waals surface area (Å²) in [6, 6.07) is 27.8. The van der Waals surface area contributed by atoms with Gasteiger partial charge < -0.3 is 5.11 Å². The van der Waals surface area contributed by atoms with Gasteiger partial charge in [0, 0.05) is 29.8 Å². The van der Waals surface area contributed by atoms with E-state index in [9.17, 15) is 9.90 Å². The lowest BCUT2D eigenvalue weighted by atomic mass is 9.89. The first-order valence-corrected chi connectivity index (χ1v) is 9.43. The van der Waals surface area contributed by atoms with Gasteiger partial charge in [-0.2, -0.15) is 0 Å². The van der Waals surface area contributed by atoms with Gasteiger partial charge in [-0.15, -0.1) is 0 Å². The molecule has 0 saturated carbocycles. The van der Waals surface area contributed by atoms with Gasteiger partial charge in [0.1, 0.15) is 5.76 Å². The molecule has 0 spiro atoms. The molecule has 0 saturated heterocycles. The number of hydrogen-bond donors (Lipinski definition) is 1. The highest BCUT2D eigenvalue weighted by molar-refractivity contribution is 6.30. The summed E-state index contributed by atoms with van der Waals surface area (Å²) in [7, 11) is 0. The molecule has 0 bridgehead atoms. The Morgan fingerprint density at radius 2 is 1.32 bits per heavy atom. The summed E-state index contributed by atoms with van der Waals surface area (Å²) < 4.78 is 0. The Morgan fingerprint density at radius 1 is 0.786 bits per heavy atom. The van der Waals surface area contributed by atoms with Gasteiger partial charge in [0.2, 0.25) is 0 Å². The van der Waals surface area contributed by atoms with E-state index < -0.39 is 0 Å². The zero-order valence-electron chi connectivity index (χ0n) is 15.5. The van der Waals surface area contributed by atoms with Gasteiger partial charge in [-0.05, 0) is 17.5 Å². The summed E-state index contributed by atoms with van der Waals surface area (Å²) in [4.78, 5) is 16.9. The lowest BCUT2D eigenvalue weighted by Crippen LogP contribution is -2.04. The third-order valence-electron chi connectivity index (χ3n) is 5.10. The summed E-state index contributed by atoms with van der Waals surface area (Å²) in [5.41, 5.74) is 3.89. The van der Waals surface area contributed by atoms with Crippen LogP contribution in [-0.4, -0.2) is 23.6 Å². The zero-order chi connectivity index (χ0) is 19.3. The van der Waals surface area contributed by atoms with Crippen LogP contribution in [0, 0.1) is 0 Å². The van der Waals surface area contributed by atoms with Crippen molar-refractivity contribution in [1.82, 2.24) is 0 Å². The molecule has 0 aromatic heterocycles. The SMILES string of the molecule is O=C1C(C=NCCC(c2ccccc2)c2ccccc2)=C(O)c2ccccc21. The van der Waals surface area contributed by atoms with Crippen molar-refractivity contribution in [1.29, 1.82) is 0 Å². The minimum atomic E-state index is -0.167. The minimum Gasteiger partial charge on any atom is -0.506 e. The van der Waals surface area contributed by atoms with E-state index in [-0.39, 0.29) is 23.0 Å². The molecule has 3 heteroatoms. The van der Waals surface area contributed by atoms with Crippen molar-refractivity contribution in [3.63, 3.8) is 0 Å². The second-order valence-corrected chi connectivity index (χ2v) is 6.83. The molecule has 0 radical (unpaired) electrons. The van der Waals surface area contributed by atoms with Crippen LogP contribution in [0.15, 0.2) is 95.5 Å². The van der Waals surface area contributed by atoms with Crippen LogP contribution in [0.3, 0.4) is 0 Å². The summed E-state index contributed by atoms with van der Waals surface area (Å²) in [5, 5.41) is 10.3. The third kappa shape index (κ3) is 3.52. The molecule has 3 aromatic rings. The number of hydrogen-bond acceptors (Lipinski definition) is 3. The molecule has 3 aromatic carbocycles. The first kappa shape index (κ1) is 17.9. The monoisotopic (exact) mass is 367 g/mol. The van der Waals surface area contributed by atoms with Crippen LogP contribution in [0.5, 0.6) is 0 Å². The number of fused-ring (bicyclic) bond motifs is 1. The summed E-state index contributed by atoms with van der Waals surface area (Å²) in [6.07, 6.45) is 2.34. The normalized spacial score (nSPS) is 13.5. The zero-order valence-corrected chi connectivity index (χ0v) is 15.5. The molecule has 3 nitrogen and oxygen atoms in total. The van der Waals surface area contributed by atoms with E-state index in [0.29, 0.717) is 17.7 Å². The minimum absolute atomic E-state index is 0.0204. The maximum absolute atomic E-state index is 12.5. The van der Waals surface area contributed by atoms with Crippen molar-refractivity contribution < 1.29 is 9.90 Å². The first-order valence-electron chi connectivity index (χ1n) is 9.43. The van der Waals surface area contributed by atoms with Gasteiger partial charge in [0.15, 0.2) is 5.78 Å². The smallest absolute Gasteiger partial charge is 0.199 e. The quantitative estimate of drug-likeness (QED) is 0.589. The number of aliphatic imine (C=N–C) groups is 1. The Balaban J connectivity index is 1.50. The van der Waals surface area contributed by atoms with Crippen molar-refractivity contribution in [2.75, 3.05) is 6.54 Å².